The maximum absolute atomic E-state index is 13.5. The van der Waals surface area contributed by atoms with E-state index in [0.29, 0.717) is 48.4 Å². The Morgan fingerprint density at radius 3 is 2.81 bits per heavy atom. The average Bonchev–Trinajstić information content (AvgIpc) is 3.58. The molecule has 0 radical (unpaired) electrons. The standard InChI is InChI=1S/C27H25ClN8O/c1-16(2)13-35-26-23(25-31-8-9-34(25)27(35)37)24(22-10-17(12-29)14-33(22)3)36(32-26)15-18-6-7-30-21-5-4-19(28)11-20(18)21/h4-7,10-11,14,16H,8-9,13,15H2,1-3H3. The van der Waals surface area contributed by atoms with Gasteiger partial charge in [-0.2, -0.15) is 10.4 Å². The molecule has 1 aromatic carbocycles. The number of amidine groups is 1. The number of carbonyl (C=O) groups excluding carboxylic acids is 1. The molecule has 2 aliphatic rings. The quantitative estimate of drug-likeness (QED) is 0.388. The van der Waals surface area contributed by atoms with Crippen molar-refractivity contribution in [2.24, 2.45) is 18.0 Å². The van der Waals surface area contributed by atoms with Gasteiger partial charge in [-0.25, -0.2) is 4.79 Å². The van der Waals surface area contributed by atoms with Crippen molar-refractivity contribution in [2.75, 3.05) is 24.5 Å². The Hall–Kier alpha value is -4.16. The molecular formula is C27H25ClN8O. The van der Waals surface area contributed by atoms with Gasteiger partial charge in [-0.1, -0.05) is 25.4 Å². The summed E-state index contributed by atoms with van der Waals surface area (Å²) in [6.45, 7) is 6.22. The SMILES string of the molecule is CC(C)CN1C(=O)N2CCN=C2c2c1nn(Cc1ccnc3ccc(Cl)cc13)c2-c1cc(C#N)cn1C. The number of aryl methyl sites for hydroxylation is 1. The van der Waals surface area contributed by atoms with Gasteiger partial charge in [-0.05, 0) is 41.8 Å². The molecule has 2 aliphatic heterocycles. The van der Waals surface area contributed by atoms with E-state index in [9.17, 15) is 10.1 Å². The number of rotatable bonds is 5. The highest BCUT2D eigenvalue weighted by atomic mass is 35.5. The minimum Gasteiger partial charge on any atom is -0.348 e. The average molecular weight is 513 g/mol. The third-order valence-corrected chi connectivity index (χ3v) is 6.99. The van der Waals surface area contributed by atoms with Crippen LogP contribution in [0.1, 0.15) is 30.5 Å². The molecule has 0 bridgehead atoms. The van der Waals surface area contributed by atoms with E-state index < -0.39 is 0 Å². The fourth-order valence-corrected chi connectivity index (χ4v) is 5.34. The lowest BCUT2D eigenvalue weighted by Gasteiger charge is -2.33. The number of anilines is 1. The van der Waals surface area contributed by atoms with E-state index in [0.717, 1.165) is 33.4 Å². The van der Waals surface area contributed by atoms with E-state index in [4.69, 9.17) is 21.7 Å². The fraction of sp³-hybridized carbons (Fsp3) is 0.296. The molecular weight excluding hydrogens is 488 g/mol. The smallest absolute Gasteiger partial charge is 0.331 e. The van der Waals surface area contributed by atoms with Gasteiger partial charge in [0.15, 0.2) is 5.82 Å². The van der Waals surface area contributed by atoms with Crippen LogP contribution in [-0.2, 0) is 13.6 Å². The van der Waals surface area contributed by atoms with Gasteiger partial charge >= 0.3 is 6.03 Å². The van der Waals surface area contributed by atoms with Crippen LogP contribution in [0.4, 0.5) is 10.6 Å². The van der Waals surface area contributed by atoms with Crippen LogP contribution in [-0.4, -0.2) is 55.7 Å². The molecule has 0 aliphatic carbocycles. The molecule has 2 amide bonds. The number of amides is 2. The highest BCUT2D eigenvalue weighted by Crippen LogP contribution is 2.39. The largest absolute Gasteiger partial charge is 0.348 e. The Morgan fingerprint density at radius 2 is 2.05 bits per heavy atom. The summed E-state index contributed by atoms with van der Waals surface area (Å²) >= 11 is 6.34. The summed E-state index contributed by atoms with van der Waals surface area (Å²) < 4.78 is 3.85. The molecule has 0 unspecified atom stereocenters. The zero-order chi connectivity index (χ0) is 25.8. The minimum absolute atomic E-state index is 0.0978. The monoisotopic (exact) mass is 512 g/mol. The number of urea groups is 1. The van der Waals surface area contributed by atoms with Crippen LogP contribution < -0.4 is 4.90 Å². The molecule has 0 N–H and O–H groups in total. The molecule has 3 aromatic heterocycles. The van der Waals surface area contributed by atoms with Crippen LogP contribution in [0, 0.1) is 17.2 Å². The Labute approximate surface area is 219 Å². The predicted octanol–water partition coefficient (Wildman–Crippen LogP) is 4.67. The summed E-state index contributed by atoms with van der Waals surface area (Å²) in [4.78, 5) is 26.2. The van der Waals surface area contributed by atoms with Gasteiger partial charge in [0.25, 0.3) is 0 Å². The second-order valence-corrected chi connectivity index (χ2v) is 10.3. The summed E-state index contributed by atoms with van der Waals surface area (Å²) in [5, 5.41) is 16.2. The van der Waals surface area contributed by atoms with Gasteiger partial charge in [-0.15, -0.1) is 0 Å². The lowest BCUT2D eigenvalue weighted by molar-refractivity contribution is 0.227. The highest BCUT2D eigenvalue weighted by molar-refractivity contribution is 6.31. The van der Waals surface area contributed by atoms with Crippen molar-refractivity contribution >= 4 is 40.2 Å². The normalized spacial score (nSPS) is 14.8. The number of hydrogen-bond acceptors (Lipinski definition) is 5. The fourth-order valence-electron chi connectivity index (χ4n) is 5.17. The number of benzene rings is 1. The van der Waals surface area contributed by atoms with Crippen LogP contribution in [0.2, 0.25) is 5.02 Å². The molecule has 9 nitrogen and oxygen atoms in total. The van der Waals surface area contributed by atoms with Crippen LogP contribution in [0.15, 0.2) is 47.7 Å². The van der Waals surface area contributed by atoms with Crippen LogP contribution >= 0.6 is 11.6 Å². The van der Waals surface area contributed by atoms with Gasteiger partial charge in [0, 0.05) is 42.9 Å². The molecule has 0 saturated carbocycles. The van der Waals surface area contributed by atoms with E-state index in [2.05, 4.69) is 24.9 Å². The van der Waals surface area contributed by atoms with E-state index >= 15 is 0 Å². The number of aliphatic imine (C=N–C) groups is 1. The molecule has 10 heteroatoms. The summed E-state index contributed by atoms with van der Waals surface area (Å²) in [5.41, 5.74) is 4.85. The third-order valence-electron chi connectivity index (χ3n) is 6.75. The Morgan fingerprint density at radius 1 is 1.22 bits per heavy atom. The number of nitriles is 1. The number of fused-ring (bicyclic) bond motifs is 4. The summed E-state index contributed by atoms with van der Waals surface area (Å²) in [5.74, 6) is 1.49. The molecule has 5 heterocycles. The van der Waals surface area contributed by atoms with Crippen molar-refractivity contribution in [1.82, 2.24) is 24.2 Å². The molecule has 37 heavy (non-hydrogen) atoms. The molecule has 4 aromatic rings. The first kappa shape index (κ1) is 23.3. The van der Waals surface area contributed by atoms with Crippen molar-refractivity contribution in [3.05, 3.63) is 64.4 Å². The van der Waals surface area contributed by atoms with Gasteiger partial charge in [-0.3, -0.25) is 24.5 Å². The van der Waals surface area contributed by atoms with Gasteiger partial charge in [0.05, 0.1) is 41.1 Å². The molecule has 0 saturated heterocycles. The van der Waals surface area contributed by atoms with E-state index in [1.165, 1.54) is 0 Å². The zero-order valence-electron chi connectivity index (χ0n) is 20.8. The number of halogens is 1. The maximum Gasteiger partial charge on any atom is 0.331 e. The van der Waals surface area contributed by atoms with Crippen molar-refractivity contribution in [2.45, 2.75) is 20.4 Å². The van der Waals surface area contributed by atoms with Gasteiger partial charge in [0.1, 0.15) is 11.9 Å². The van der Waals surface area contributed by atoms with Crippen molar-refractivity contribution < 1.29 is 4.79 Å². The Kier molecular flexibility index (Phi) is 5.50. The Balaban J connectivity index is 1.61. The highest BCUT2D eigenvalue weighted by Gasteiger charge is 2.42. The predicted molar refractivity (Wildman–Crippen MR) is 143 cm³/mol. The van der Waals surface area contributed by atoms with Crippen LogP contribution in [0.25, 0.3) is 22.3 Å². The summed E-state index contributed by atoms with van der Waals surface area (Å²) in [6.07, 6.45) is 3.58. The lowest BCUT2D eigenvalue weighted by Crippen LogP contribution is -2.51. The Bertz CT molecular complexity index is 1640. The first-order chi connectivity index (χ1) is 17.9. The zero-order valence-corrected chi connectivity index (χ0v) is 21.6. The second-order valence-electron chi connectivity index (χ2n) is 9.82. The van der Waals surface area contributed by atoms with Gasteiger partial charge < -0.3 is 4.57 Å². The number of pyridine rings is 1. The van der Waals surface area contributed by atoms with E-state index in [1.807, 2.05) is 46.6 Å². The maximum atomic E-state index is 13.5. The van der Waals surface area contributed by atoms with E-state index in [1.54, 1.807) is 22.2 Å². The number of nitrogens with zero attached hydrogens (tertiary/aromatic N) is 8. The van der Waals surface area contributed by atoms with Crippen LogP contribution in [0.5, 0.6) is 0 Å². The minimum atomic E-state index is -0.0978. The molecule has 186 valence electrons. The number of hydrogen-bond donors (Lipinski definition) is 0. The van der Waals surface area contributed by atoms with Crippen molar-refractivity contribution in [3.8, 4) is 17.5 Å². The van der Waals surface area contributed by atoms with Crippen molar-refractivity contribution in [3.63, 3.8) is 0 Å². The van der Waals surface area contributed by atoms with Gasteiger partial charge in [0.2, 0.25) is 0 Å². The molecule has 0 fully saturated rings. The molecule has 0 atom stereocenters. The number of carbonyl (C=O) groups is 1. The number of aromatic nitrogens is 4. The second kappa shape index (κ2) is 8.75. The molecule has 0 spiro atoms. The lowest BCUT2D eigenvalue weighted by atomic mass is 10.1. The first-order valence-electron chi connectivity index (χ1n) is 12.2. The summed E-state index contributed by atoms with van der Waals surface area (Å²) in [6, 6.07) is 11.6. The third kappa shape index (κ3) is 3.76. The van der Waals surface area contributed by atoms with E-state index in [-0.39, 0.29) is 11.9 Å². The van der Waals surface area contributed by atoms with Crippen molar-refractivity contribution in [1.29, 1.82) is 5.26 Å². The van der Waals surface area contributed by atoms with Crippen LogP contribution in [0.3, 0.4) is 0 Å². The first-order valence-corrected chi connectivity index (χ1v) is 12.6. The summed E-state index contributed by atoms with van der Waals surface area (Å²) in [7, 11) is 1.91. The molecule has 6 rings (SSSR count). The topological polar surface area (TPSA) is 95.3 Å².